The molecule has 2 fully saturated rings. The summed E-state index contributed by atoms with van der Waals surface area (Å²) in [7, 11) is 1.88. The van der Waals surface area contributed by atoms with Gasteiger partial charge in [-0.2, -0.15) is 5.10 Å². The SMILES string of the molecule is C#CCN(C(=O)c1cc(C2CC2)nc2c1c(C)nn2C)C1CC1. The fourth-order valence-electron chi connectivity index (χ4n) is 3.23. The van der Waals surface area contributed by atoms with E-state index in [1.54, 1.807) is 4.68 Å². The molecule has 0 aliphatic heterocycles. The Bertz CT molecular complexity index is 837. The number of aromatic nitrogens is 3. The number of fused-ring (bicyclic) bond motifs is 1. The molecule has 2 heterocycles. The summed E-state index contributed by atoms with van der Waals surface area (Å²) >= 11 is 0. The lowest BCUT2D eigenvalue weighted by Crippen LogP contribution is -2.33. The Balaban J connectivity index is 1.87. The van der Waals surface area contributed by atoms with Gasteiger partial charge in [0.25, 0.3) is 5.91 Å². The molecule has 0 radical (unpaired) electrons. The zero-order chi connectivity index (χ0) is 16.1. The lowest BCUT2D eigenvalue weighted by atomic mass is 10.1. The van der Waals surface area contributed by atoms with Gasteiger partial charge in [-0.1, -0.05) is 5.92 Å². The minimum absolute atomic E-state index is 0.0239. The molecule has 2 aliphatic rings. The molecule has 0 saturated heterocycles. The number of rotatable bonds is 4. The van der Waals surface area contributed by atoms with Crippen LogP contribution in [0.1, 0.15) is 53.3 Å². The Morgan fingerprint density at radius 3 is 2.78 bits per heavy atom. The summed E-state index contributed by atoms with van der Waals surface area (Å²) < 4.78 is 1.77. The number of hydrogen-bond donors (Lipinski definition) is 0. The molecule has 2 saturated carbocycles. The molecule has 0 bridgehead atoms. The second-order valence-corrected chi connectivity index (χ2v) is 6.64. The van der Waals surface area contributed by atoms with Crippen LogP contribution in [-0.2, 0) is 7.05 Å². The molecule has 0 aromatic carbocycles. The lowest BCUT2D eigenvalue weighted by molar-refractivity contribution is 0.0767. The first kappa shape index (κ1) is 14.3. The molecule has 5 heteroatoms. The zero-order valence-corrected chi connectivity index (χ0v) is 13.5. The number of aryl methyl sites for hydroxylation is 2. The first-order chi connectivity index (χ1) is 11.1. The first-order valence-electron chi connectivity index (χ1n) is 8.19. The van der Waals surface area contributed by atoms with Crippen LogP contribution >= 0.6 is 0 Å². The summed E-state index contributed by atoms with van der Waals surface area (Å²) in [6.07, 6.45) is 9.87. The van der Waals surface area contributed by atoms with Crippen molar-refractivity contribution < 1.29 is 4.79 Å². The average molecular weight is 308 g/mol. The predicted molar refractivity (Wildman–Crippen MR) is 88.1 cm³/mol. The molecule has 5 nitrogen and oxygen atoms in total. The van der Waals surface area contributed by atoms with Crippen molar-refractivity contribution in [2.24, 2.45) is 7.05 Å². The van der Waals surface area contributed by atoms with Crippen molar-refractivity contribution in [2.45, 2.75) is 44.6 Å². The second kappa shape index (κ2) is 5.09. The normalized spacial score (nSPS) is 17.3. The van der Waals surface area contributed by atoms with Crippen LogP contribution in [0.15, 0.2) is 6.07 Å². The highest BCUT2D eigenvalue weighted by molar-refractivity contribution is 6.07. The predicted octanol–water partition coefficient (Wildman–Crippen LogP) is 2.39. The molecule has 0 spiro atoms. The zero-order valence-electron chi connectivity index (χ0n) is 13.5. The van der Waals surface area contributed by atoms with Gasteiger partial charge < -0.3 is 4.90 Å². The van der Waals surface area contributed by atoms with E-state index in [2.05, 4.69) is 11.0 Å². The second-order valence-electron chi connectivity index (χ2n) is 6.64. The molecule has 0 N–H and O–H groups in total. The highest BCUT2D eigenvalue weighted by Crippen LogP contribution is 2.41. The Kier molecular flexibility index (Phi) is 3.15. The van der Waals surface area contributed by atoms with Crippen LogP contribution in [0.3, 0.4) is 0 Å². The van der Waals surface area contributed by atoms with Gasteiger partial charge in [-0.15, -0.1) is 6.42 Å². The van der Waals surface area contributed by atoms with Crippen molar-refractivity contribution in [3.05, 3.63) is 23.0 Å². The maximum Gasteiger partial charge on any atom is 0.255 e. The van der Waals surface area contributed by atoms with Crippen molar-refractivity contribution in [3.63, 3.8) is 0 Å². The van der Waals surface area contributed by atoms with Gasteiger partial charge in [0.1, 0.15) is 0 Å². The largest absolute Gasteiger partial charge is 0.325 e. The molecule has 0 unspecified atom stereocenters. The van der Waals surface area contributed by atoms with Crippen molar-refractivity contribution >= 4 is 16.9 Å². The Labute approximate surface area is 135 Å². The Morgan fingerprint density at radius 1 is 1.43 bits per heavy atom. The van der Waals surface area contributed by atoms with Crippen LogP contribution in [0.4, 0.5) is 0 Å². The van der Waals surface area contributed by atoms with Gasteiger partial charge in [0.05, 0.1) is 23.2 Å². The summed E-state index contributed by atoms with van der Waals surface area (Å²) in [6.45, 7) is 2.30. The smallest absolute Gasteiger partial charge is 0.255 e. The summed E-state index contributed by atoms with van der Waals surface area (Å²) in [5.41, 5.74) is 3.37. The van der Waals surface area contributed by atoms with Crippen LogP contribution in [-0.4, -0.2) is 38.2 Å². The van der Waals surface area contributed by atoms with Gasteiger partial charge in [-0.05, 0) is 38.7 Å². The Hall–Kier alpha value is -2.35. The maximum absolute atomic E-state index is 13.2. The molecular weight excluding hydrogens is 288 g/mol. The molecule has 118 valence electrons. The van der Waals surface area contributed by atoms with Gasteiger partial charge in [0.15, 0.2) is 5.65 Å². The van der Waals surface area contributed by atoms with E-state index in [1.165, 1.54) is 0 Å². The third kappa shape index (κ3) is 2.39. The van der Waals surface area contributed by atoms with Crippen molar-refractivity contribution in [2.75, 3.05) is 6.54 Å². The van der Waals surface area contributed by atoms with Crippen LogP contribution < -0.4 is 0 Å². The number of hydrogen-bond acceptors (Lipinski definition) is 3. The molecule has 0 atom stereocenters. The molecule has 2 aliphatic carbocycles. The van der Waals surface area contributed by atoms with Crippen LogP contribution in [0.5, 0.6) is 0 Å². The van der Waals surface area contributed by atoms with Gasteiger partial charge in [-0.3, -0.25) is 9.48 Å². The minimum Gasteiger partial charge on any atom is -0.325 e. The van der Waals surface area contributed by atoms with E-state index in [1.807, 2.05) is 24.9 Å². The van der Waals surface area contributed by atoms with E-state index >= 15 is 0 Å². The number of pyridine rings is 1. The van der Waals surface area contributed by atoms with Crippen LogP contribution in [0.25, 0.3) is 11.0 Å². The number of nitrogens with zero attached hydrogens (tertiary/aromatic N) is 4. The minimum atomic E-state index is 0.0239. The lowest BCUT2D eigenvalue weighted by Gasteiger charge is -2.20. The summed E-state index contributed by atoms with van der Waals surface area (Å²) in [5, 5.41) is 5.33. The van der Waals surface area contributed by atoms with Gasteiger partial charge in [0, 0.05) is 24.7 Å². The summed E-state index contributed by atoms with van der Waals surface area (Å²) in [5.74, 6) is 3.14. The van der Waals surface area contributed by atoms with E-state index in [-0.39, 0.29) is 5.91 Å². The van der Waals surface area contributed by atoms with Gasteiger partial charge in [0.2, 0.25) is 0 Å². The summed E-state index contributed by atoms with van der Waals surface area (Å²) in [6, 6.07) is 2.27. The van der Waals surface area contributed by atoms with Gasteiger partial charge >= 0.3 is 0 Å². The van der Waals surface area contributed by atoms with E-state index in [9.17, 15) is 4.79 Å². The van der Waals surface area contributed by atoms with Crippen LogP contribution in [0.2, 0.25) is 0 Å². The van der Waals surface area contributed by atoms with Crippen LogP contribution in [0, 0.1) is 19.3 Å². The quantitative estimate of drug-likeness (QED) is 0.815. The fourth-order valence-corrected chi connectivity index (χ4v) is 3.23. The monoisotopic (exact) mass is 308 g/mol. The standard InChI is InChI=1S/C18H20N4O/c1-4-9-22(13-7-8-13)18(23)14-10-15(12-5-6-12)19-17-16(14)11(2)20-21(17)3/h1,10,12-13H,5-9H2,2-3H3. The van der Waals surface area contributed by atoms with Crippen molar-refractivity contribution in [1.82, 2.24) is 19.7 Å². The molecule has 4 rings (SSSR count). The molecule has 23 heavy (non-hydrogen) atoms. The summed E-state index contributed by atoms with van der Waals surface area (Å²) in [4.78, 5) is 19.7. The first-order valence-corrected chi connectivity index (χ1v) is 8.19. The Morgan fingerprint density at radius 2 is 2.17 bits per heavy atom. The third-order valence-corrected chi connectivity index (χ3v) is 4.72. The topological polar surface area (TPSA) is 51.0 Å². The molecule has 2 aromatic heterocycles. The number of amides is 1. The maximum atomic E-state index is 13.2. The van der Waals surface area contributed by atoms with E-state index in [0.717, 1.165) is 48.1 Å². The van der Waals surface area contributed by atoms with Crippen molar-refractivity contribution in [3.8, 4) is 12.3 Å². The number of carbonyl (C=O) groups is 1. The fraction of sp³-hybridized carbons (Fsp3) is 0.500. The van der Waals surface area contributed by atoms with E-state index < -0.39 is 0 Å². The average Bonchev–Trinajstić information content (AvgIpc) is 3.43. The molecule has 1 amide bonds. The number of terminal acetylenes is 1. The van der Waals surface area contributed by atoms with E-state index in [4.69, 9.17) is 11.4 Å². The third-order valence-electron chi connectivity index (χ3n) is 4.72. The van der Waals surface area contributed by atoms with E-state index in [0.29, 0.717) is 24.1 Å². The van der Waals surface area contributed by atoms with Crippen molar-refractivity contribution in [1.29, 1.82) is 0 Å². The highest BCUT2D eigenvalue weighted by atomic mass is 16.2. The molecule has 2 aromatic rings. The number of carbonyl (C=O) groups excluding carboxylic acids is 1. The van der Waals surface area contributed by atoms with Gasteiger partial charge in [-0.25, -0.2) is 4.98 Å². The molecular formula is C18H20N4O. The highest BCUT2D eigenvalue weighted by Gasteiger charge is 2.35.